The number of rotatable bonds is 8. The number of primary amides is 1. The molecule has 0 aliphatic heterocycles. The van der Waals surface area contributed by atoms with Crippen molar-refractivity contribution in [2.45, 2.75) is 12.7 Å². The average Bonchev–Trinajstić information content (AvgIpc) is 2.99. The molecule has 0 aliphatic rings. The van der Waals surface area contributed by atoms with Crippen molar-refractivity contribution in [2.24, 2.45) is 5.73 Å². The predicted octanol–water partition coefficient (Wildman–Crippen LogP) is 1.84. The number of ether oxygens (including phenoxy) is 1. The highest BCUT2D eigenvalue weighted by Gasteiger charge is 2.06. The first-order valence-corrected chi connectivity index (χ1v) is 7.45. The standard InChI is InChI=1S/C15H18N2O3S/c16-15(19)11-3-1-4-12(7-11)17-8-13(18)9-20-10-14-5-2-6-21-14/h1-7,13,17-18H,8-10H2,(H2,16,19). The van der Waals surface area contributed by atoms with Crippen molar-refractivity contribution >= 4 is 22.9 Å². The quantitative estimate of drug-likeness (QED) is 0.695. The molecule has 21 heavy (non-hydrogen) atoms. The third-order valence-corrected chi connectivity index (χ3v) is 3.67. The summed E-state index contributed by atoms with van der Waals surface area (Å²) < 4.78 is 5.44. The molecule has 0 spiro atoms. The van der Waals surface area contributed by atoms with E-state index >= 15 is 0 Å². The molecule has 0 saturated heterocycles. The molecule has 1 heterocycles. The van der Waals surface area contributed by atoms with E-state index in [1.165, 1.54) is 0 Å². The van der Waals surface area contributed by atoms with Crippen molar-refractivity contribution in [1.29, 1.82) is 0 Å². The lowest BCUT2D eigenvalue weighted by Crippen LogP contribution is -2.24. The number of nitrogens with two attached hydrogens (primary N) is 1. The van der Waals surface area contributed by atoms with Gasteiger partial charge in [0.2, 0.25) is 5.91 Å². The summed E-state index contributed by atoms with van der Waals surface area (Å²) in [5, 5.41) is 14.9. The molecule has 0 fully saturated rings. The first-order valence-electron chi connectivity index (χ1n) is 6.57. The fourth-order valence-electron chi connectivity index (χ4n) is 1.77. The number of carbonyl (C=O) groups excluding carboxylic acids is 1. The van der Waals surface area contributed by atoms with Crippen LogP contribution in [0.25, 0.3) is 0 Å². The van der Waals surface area contributed by atoms with Crippen LogP contribution in [0.5, 0.6) is 0 Å². The Morgan fingerprint density at radius 3 is 2.95 bits per heavy atom. The summed E-state index contributed by atoms with van der Waals surface area (Å²) in [4.78, 5) is 12.2. The number of hydrogen-bond acceptors (Lipinski definition) is 5. The minimum atomic E-state index is -0.623. The number of aliphatic hydroxyl groups is 1. The van der Waals surface area contributed by atoms with Gasteiger partial charge in [-0.3, -0.25) is 4.79 Å². The number of anilines is 1. The normalized spacial score (nSPS) is 12.0. The molecule has 1 aromatic heterocycles. The van der Waals surface area contributed by atoms with Crippen LogP contribution in [0.2, 0.25) is 0 Å². The lowest BCUT2D eigenvalue weighted by molar-refractivity contribution is 0.0359. The van der Waals surface area contributed by atoms with Crippen molar-refractivity contribution in [3.8, 4) is 0 Å². The van der Waals surface area contributed by atoms with E-state index < -0.39 is 12.0 Å². The van der Waals surface area contributed by atoms with Gasteiger partial charge in [0.25, 0.3) is 0 Å². The van der Waals surface area contributed by atoms with E-state index in [0.717, 1.165) is 10.6 Å². The molecule has 112 valence electrons. The van der Waals surface area contributed by atoms with Crippen LogP contribution < -0.4 is 11.1 Å². The third kappa shape index (κ3) is 5.18. The maximum Gasteiger partial charge on any atom is 0.248 e. The van der Waals surface area contributed by atoms with Gasteiger partial charge in [-0.05, 0) is 29.6 Å². The summed E-state index contributed by atoms with van der Waals surface area (Å²) in [6, 6.07) is 10.8. The van der Waals surface area contributed by atoms with E-state index in [2.05, 4.69) is 5.32 Å². The molecule has 1 amide bonds. The first-order chi connectivity index (χ1) is 10.1. The Hall–Kier alpha value is -1.89. The Bertz CT molecular complexity index is 572. The zero-order valence-corrected chi connectivity index (χ0v) is 12.3. The number of aliphatic hydroxyl groups excluding tert-OH is 1. The molecule has 0 aliphatic carbocycles. The molecule has 0 radical (unpaired) electrons. The van der Waals surface area contributed by atoms with Crippen molar-refractivity contribution in [3.05, 3.63) is 52.2 Å². The van der Waals surface area contributed by atoms with Crippen LogP contribution in [0, 0.1) is 0 Å². The second-order valence-electron chi connectivity index (χ2n) is 4.57. The number of thiophene rings is 1. The van der Waals surface area contributed by atoms with Gasteiger partial charge in [0.15, 0.2) is 0 Å². The van der Waals surface area contributed by atoms with Crippen LogP contribution in [-0.2, 0) is 11.3 Å². The molecular formula is C15H18N2O3S. The highest BCUT2D eigenvalue weighted by molar-refractivity contribution is 7.09. The Morgan fingerprint density at radius 2 is 2.24 bits per heavy atom. The highest BCUT2D eigenvalue weighted by atomic mass is 32.1. The third-order valence-electron chi connectivity index (χ3n) is 2.82. The zero-order valence-electron chi connectivity index (χ0n) is 11.5. The van der Waals surface area contributed by atoms with Gasteiger partial charge in [-0.25, -0.2) is 0 Å². The van der Waals surface area contributed by atoms with Gasteiger partial charge in [0.1, 0.15) is 0 Å². The summed E-state index contributed by atoms with van der Waals surface area (Å²) in [5.41, 5.74) is 6.39. The molecule has 1 unspecified atom stereocenters. The Morgan fingerprint density at radius 1 is 1.38 bits per heavy atom. The Labute approximate surface area is 127 Å². The van der Waals surface area contributed by atoms with E-state index in [-0.39, 0.29) is 6.61 Å². The van der Waals surface area contributed by atoms with Gasteiger partial charge in [0.05, 0.1) is 19.3 Å². The minimum Gasteiger partial charge on any atom is -0.389 e. The lowest BCUT2D eigenvalue weighted by atomic mass is 10.2. The molecule has 0 bridgehead atoms. The highest BCUT2D eigenvalue weighted by Crippen LogP contribution is 2.11. The molecule has 1 atom stereocenters. The monoisotopic (exact) mass is 306 g/mol. The van der Waals surface area contributed by atoms with E-state index in [4.69, 9.17) is 10.5 Å². The van der Waals surface area contributed by atoms with Gasteiger partial charge in [0, 0.05) is 22.7 Å². The SMILES string of the molecule is NC(=O)c1cccc(NCC(O)COCc2cccs2)c1. The van der Waals surface area contributed by atoms with Crippen LogP contribution in [0.1, 0.15) is 15.2 Å². The van der Waals surface area contributed by atoms with Gasteiger partial charge < -0.3 is 20.9 Å². The summed E-state index contributed by atoms with van der Waals surface area (Å²) in [5.74, 6) is -0.474. The molecule has 4 N–H and O–H groups in total. The van der Waals surface area contributed by atoms with Gasteiger partial charge in [-0.2, -0.15) is 0 Å². The van der Waals surface area contributed by atoms with Crippen LogP contribution in [0.3, 0.4) is 0 Å². The second-order valence-corrected chi connectivity index (χ2v) is 5.61. The van der Waals surface area contributed by atoms with Gasteiger partial charge >= 0.3 is 0 Å². The molecule has 0 saturated carbocycles. The molecule has 1 aromatic carbocycles. The summed E-state index contributed by atoms with van der Waals surface area (Å²) in [6.07, 6.45) is -0.623. The number of amides is 1. The van der Waals surface area contributed by atoms with Gasteiger partial charge in [-0.15, -0.1) is 11.3 Å². The van der Waals surface area contributed by atoms with Crippen molar-refractivity contribution in [2.75, 3.05) is 18.5 Å². The smallest absolute Gasteiger partial charge is 0.248 e. The lowest BCUT2D eigenvalue weighted by Gasteiger charge is -2.13. The fraction of sp³-hybridized carbons (Fsp3) is 0.267. The topological polar surface area (TPSA) is 84.6 Å². The predicted molar refractivity (Wildman–Crippen MR) is 83.4 cm³/mol. The Kier molecular flexibility index (Phi) is 5.74. The molecule has 2 aromatic rings. The maximum absolute atomic E-state index is 11.1. The zero-order chi connectivity index (χ0) is 15.1. The van der Waals surface area contributed by atoms with Crippen molar-refractivity contribution in [3.63, 3.8) is 0 Å². The average molecular weight is 306 g/mol. The maximum atomic E-state index is 11.1. The second kappa shape index (κ2) is 7.78. The van der Waals surface area contributed by atoms with E-state index in [0.29, 0.717) is 18.7 Å². The summed E-state index contributed by atoms with van der Waals surface area (Å²) in [7, 11) is 0. The molecule has 5 nitrogen and oxygen atoms in total. The van der Waals surface area contributed by atoms with Crippen LogP contribution >= 0.6 is 11.3 Å². The largest absolute Gasteiger partial charge is 0.389 e. The molecule has 6 heteroatoms. The van der Waals surface area contributed by atoms with Crippen molar-refractivity contribution < 1.29 is 14.6 Å². The van der Waals surface area contributed by atoms with E-state index in [1.54, 1.807) is 29.5 Å². The minimum absolute atomic E-state index is 0.250. The fourth-order valence-corrected chi connectivity index (χ4v) is 2.41. The number of benzene rings is 1. The van der Waals surface area contributed by atoms with Crippen LogP contribution in [-0.4, -0.2) is 30.3 Å². The van der Waals surface area contributed by atoms with Crippen molar-refractivity contribution in [1.82, 2.24) is 0 Å². The number of nitrogens with one attached hydrogen (secondary N) is 1. The van der Waals surface area contributed by atoms with E-state index in [9.17, 15) is 9.90 Å². The van der Waals surface area contributed by atoms with Crippen LogP contribution in [0.4, 0.5) is 5.69 Å². The first kappa shape index (κ1) is 15.5. The summed E-state index contributed by atoms with van der Waals surface area (Å²) in [6.45, 7) is 1.10. The van der Waals surface area contributed by atoms with Crippen LogP contribution in [0.15, 0.2) is 41.8 Å². The van der Waals surface area contributed by atoms with E-state index in [1.807, 2.05) is 23.6 Å². The van der Waals surface area contributed by atoms with Gasteiger partial charge in [-0.1, -0.05) is 12.1 Å². The Balaban J connectivity index is 1.72. The summed E-state index contributed by atoms with van der Waals surface area (Å²) >= 11 is 1.62. The number of carbonyl (C=O) groups is 1. The molecular weight excluding hydrogens is 288 g/mol. The number of hydrogen-bond donors (Lipinski definition) is 3. The molecule has 2 rings (SSSR count).